The van der Waals surface area contributed by atoms with Gasteiger partial charge in [0.2, 0.25) is 5.91 Å². The van der Waals surface area contributed by atoms with E-state index in [0.717, 1.165) is 12.3 Å². The fourth-order valence-corrected chi connectivity index (χ4v) is 2.53. The molecule has 0 saturated carbocycles. The maximum Gasteiger partial charge on any atom is 0.417 e. The molecule has 0 radical (unpaired) electrons. The van der Waals surface area contributed by atoms with E-state index in [9.17, 15) is 22.8 Å². The molecule has 0 bridgehead atoms. The van der Waals surface area contributed by atoms with Crippen molar-refractivity contribution in [2.75, 3.05) is 6.61 Å². The summed E-state index contributed by atoms with van der Waals surface area (Å²) in [5.41, 5.74) is -1.14. The van der Waals surface area contributed by atoms with E-state index in [0.29, 0.717) is 18.5 Å². The molecule has 1 aromatic rings. The highest BCUT2D eigenvalue weighted by Gasteiger charge is 2.31. The molecule has 28 heavy (non-hydrogen) atoms. The highest BCUT2D eigenvalue weighted by molar-refractivity contribution is 5.80. The van der Waals surface area contributed by atoms with E-state index < -0.39 is 29.5 Å². The first-order valence-electron chi connectivity index (χ1n) is 8.85. The molecule has 0 spiro atoms. The Hall–Kier alpha value is -2.36. The zero-order chi connectivity index (χ0) is 20.9. The molecule has 156 valence electrons. The van der Waals surface area contributed by atoms with Crippen LogP contribution in [0, 0.1) is 0 Å². The van der Waals surface area contributed by atoms with Crippen LogP contribution in [0.1, 0.15) is 44.9 Å². The van der Waals surface area contributed by atoms with E-state index in [1.54, 1.807) is 20.8 Å². The summed E-state index contributed by atoms with van der Waals surface area (Å²) in [6.07, 6.45) is -4.02. The summed E-state index contributed by atoms with van der Waals surface area (Å²) in [6, 6.07) is 1.87. The lowest BCUT2D eigenvalue weighted by atomic mass is 10.0. The third-order valence-electron chi connectivity index (χ3n) is 3.89. The molecule has 2 atom stereocenters. The van der Waals surface area contributed by atoms with E-state index in [-0.39, 0.29) is 25.1 Å². The predicted molar refractivity (Wildman–Crippen MR) is 93.2 cm³/mol. The minimum atomic E-state index is -4.45. The number of carbonyl (C=O) groups is 2. The first-order valence-corrected chi connectivity index (χ1v) is 8.85. The van der Waals surface area contributed by atoms with Crippen LogP contribution in [0.5, 0.6) is 0 Å². The Morgan fingerprint density at radius 2 is 1.96 bits per heavy atom. The van der Waals surface area contributed by atoms with Crippen molar-refractivity contribution in [2.24, 2.45) is 0 Å². The molecule has 1 aliphatic heterocycles. The summed E-state index contributed by atoms with van der Waals surface area (Å²) >= 11 is 0. The molecular weight excluding hydrogens is 379 g/mol. The number of nitrogens with one attached hydrogen (secondary N) is 2. The van der Waals surface area contributed by atoms with Gasteiger partial charge in [0.05, 0.1) is 30.5 Å². The minimum absolute atomic E-state index is 0.00355. The third kappa shape index (κ3) is 6.99. The van der Waals surface area contributed by atoms with E-state index in [1.807, 2.05) is 0 Å². The number of hydrogen-bond donors (Lipinski definition) is 2. The number of nitrogens with zero attached hydrogens (tertiary/aromatic N) is 1. The van der Waals surface area contributed by atoms with Crippen LogP contribution in [-0.2, 0) is 27.0 Å². The average Bonchev–Trinajstić information content (AvgIpc) is 2.58. The number of hydrogen-bond acceptors (Lipinski definition) is 5. The largest absolute Gasteiger partial charge is 0.444 e. The van der Waals surface area contributed by atoms with Crippen LogP contribution < -0.4 is 10.6 Å². The third-order valence-corrected chi connectivity index (χ3v) is 3.89. The van der Waals surface area contributed by atoms with Crippen molar-refractivity contribution in [1.29, 1.82) is 0 Å². The lowest BCUT2D eigenvalue weighted by molar-refractivity contribution is -0.138. The first kappa shape index (κ1) is 21.9. The highest BCUT2D eigenvalue weighted by atomic mass is 19.4. The first-order chi connectivity index (χ1) is 12.9. The van der Waals surface area contributed by atoms with Crippen molar-refractivity contribution in [1.82, 2.24) is 15.6 Å². The van der Waals surface area contributed by atoms with Gasteiger partial charge in [-0.25, -0.2) is 4.79 Å². The maximum absolute atomic E-state index is 12.5. The van der Waals surface area contributed by atoms with Crippen molar-refractivity contribution in [3.63, 3.8) is 0 Å². The number of amides is 2. The van der Waals surface area contributed by atoms with Gasteiger partial charge in [0.15, 0.2) is 0 Å². The molecule has 2 amide bonds. The van der Waals surface area contributed by atoms with Crippen LogP contribution in [0.15, 0.2) is 18.3 Å². The predicted octanol–water partition coefficient (Wildman–Crippen LogP) is 2.79. The van der Waals surface area contributed by atoms with Crippen molar-refractivity contribution in [2.45, 2.75) is 64.1 Å². The molecule has 2 N–H and O–H groups in total. The molecule has 1 saturated heterocycles. The number of aromatic nitrogens is 1. The molecule has 0 unspecified atom stereocenters. The highest BCUT2D eigenvalue weighted by Crippen LogP contribution is 2.28. The van der Waals surface area contributed by atoms with Gasteiger partial charge in [0.25, 0.3) is 0 Å². The fourth-order valence-electron chi connectivity index (χ4n) is 2.53. The number of ether oxygens (including phenoxy) is 2. The standard InChI is InChI=1S/C18H24F3N3O4/c1-17(2,3)28-16(26)24-13-6-7-14(27-10-13)15(25)23-9-12-5-4-11(8-22-12)18(19,20)21/h4-5,8,13-14H,6-7,9-10H2,1-3H3,(H,23,25)(H,24,26)/t13-,14+/m0/s1. The van der Waals surface area contributed by atoms with Gasteiger partial charge in [-0.2, -0.15) is 13.2 Å². The number of alkyl carbamates (subject to hydrolysis) is 1. The Balaban J connectivity index is 1.74. The van der Waals surface area contributed by atoms with Gasteiger partial charge in [-0.05, 0) is 45.7 Å². The van der Waals surface area contributed by atoms with Crippen LogP contribution in [0.2, 0.25) is 0 Å². The Morgan fingerprint density at radius 3 is 2.46 bits per heavy atom. The van der Waals surface area contributed by atoms with Gasteiger partial charge in [0.1, 0.15) is 11.7 Å². The van der Waals surface area contributed by atoms with Crippen molar-refractivity contribution in [3.05, 3.63) is 29.6 Å². The van der Waals surface area contributed by atoms with E-state index in [2.05, 4.69) is 15.6 Å². The Morgan fingerprint density at radius 1 is 1.25 bits per heavy atom. The van der Waals surface area contributed by atoms with Gasteiger partial charge < -0.3 is 20.1 Å². The van der Waals surface area contributed by atoms with Gasteiger partial charge >= 0.3 is 12.3 Å². The summed E-state index contributed by atoms with van der Waals surface area (Å²) in [5.74, 6) is -0.377. The molecule has 1 aromatic heterocycles. The van der Waals surface area contributed by atoms with E-state index >= 15 is 0 Å². The second kappa shape index (κ2) is 8.76. The summed E-state index contributed by atoms with van der Waals surface area (Å²) in [7, 11) is 0. The normalized spacial score (nSPS) is 20.4. The molecule has 1 aliphatic rings. The van der Waals surface area contributed by atoms with Crippen LogP contribution >= 0.6 is 0 Å². The molecule has 0 aromatic carbocycles. The van der Waals surface area contributed by atoms with Crippen LogP contribution in [0.3, 0.4) is 0 Å². The van der Waals surface area contributed by atoms with Crippen molar-refractivity contribution in [3.8, 4) is 0 Å². The molecule has 0 aliphatic carbocycles. The molecular formula is C18H24F3N3O4. The zero-order valence-corrected chi connectivity index (χ0v) is 15.9. The molecule has 2 heterocycles. The topological polar surface area (TPSA) is 89.5 Å². The van der Waals surface area contributed by atoms with Gasteiger partial charge in [-0.3, -0.25) is 9.78 Å². The molecule has 7 nitrogen and oxygen atoms in total. The molecule has 10 heteroatoms. The Kier molecular flexibility index (Phi) is 6.87. The van der Waals surface area contributed by atoms with Crippen molar-refractivity contribution < 1.29 is 32.2 Å². The second-order valence-electron chi connectivity index (χ2n) is 7.50. The lowest BCUT2D eigenvalue weighted by Gasteiger charge is -2.29. The summed E-state index contributed by atoms with van der Waals surface area (Å²) in [4.78, 5) is 27.6. The molecule has 1 fully saturated rings. The molecule has 2 rings (SSSR count). The summed E-state index contributed by atoms with van der Waals surface area (Å²) in [6.45, 7) is 5.44. The quantitative estimate of drug-likeness (QED) is 0.807. The number of alkyl halides is 3. The van der Waals surface area contributed by atoms with Crippen LogP contribution in [0.4, 0.5) is 18.0 Å². The monoisotopic (exact) mass is 403 g/mol. The van der Waals surface area contributed by atoms with Crippen molar-refractivity contribution >= 4 is 12.0 Å². The number of rotatable bonds is 4. The smallest absolute Gasteiger partial charge is 0.417 e. The van der Waals surface area contributed by atoms with E-state index in [4.69, 9.17) is 9.47 Å². The van der Waals surface area contributed by atoms with Crippen LogP contribution in [-0.4, -0.2) is 41.3 Å². The number of pyridine rings is 1. The minimum Gasteiger partial charge on any atom is -0.444 e. The average molecular weight is 403 g/mol. The SMILES string of the molecule is CC(C)(C)OC(=O)N[C@H]1CC[C@H](C(=O)NCc2ccc(C(F)(F)F)cn2)OC1. The van der Waals surface area contributed by atoms with Gasteiger partial charge in [-0.15, -0.1) is 0 Å². The second-order valence-corrected chi connectivity index (χ2v) is 7.50. The lowest BCUT2D eigenvalue weighted by Crippen LogP contribution is -2.48. The van der Waals surface area contributed by atoms with E-state index in [1.165, 1.54) is 6.07 Å². The van der Waals surface area contributed by atoms with Crippen LogP contribution in [0.25, 0.3) is 0 Å². The zero-order valence-electron chi connectivity index (χ0n) is 15.9. The summed E-state index contributed by atoms with van der Waals surface area (Å²) < 4.78 is 48.2. The maximum atomic E-state index is 12.5. The number of halogens is 3. The Bertz CT molecular complexity index is 679. The summed E-state index contributed by atoms with van der Waals surface area (Å²) in [5, 5.41) is 5.28. The fraction of sp³-hybridized carbons (Fsp3) is 0.611. The number of carbonyl (C=O) groups excluding carboxylic acids is 2. The van der Waals surface area contributed by atoms with Gasteiger partial charge in [-0.1, -0.05) is 0 Å². The van der Waals surface area contributed by atoms with Gasteiger partial charge in [0, 0.05) is 6.20 Å². The Labute approximate surface area is 161 Å².